The number of methoxy groups -OCH3 is 1. The Morgan fingerprint density at radius 2 is 2.04 bits per heavy atom. The zero-order chi connectivity index (χ0) is 16.2. The molecule has 23 heavy (non-hydrogen) atoms. The molecule has 2 amide bonds. The number of carbonyl (C=O) groups is 2. The van der Waals surface area contributed by atoms with Gasteiger partial charge in [0.25, 0.3) is 5.91 Å². The van der Waals surface area contributed by atoms with Crippen molar-refractivity contribution in [3.8, 4) is 5.88 Å². The van der Waals surface area contributed by atoms with Crippen LogP contribution < -0.4 is 15.0 Å². The van der Waals surface area contributed by atoms with Crippen molar-refractivity contribution in [1.29, 1.82) is 0 Å². The lowest BCUT2D eigenvalue weighted by Gasteiger charge is -2.26. The summed E-state index contributed by atoms with van der Waals surface area (Å²) in [6.45, 7) is 0.0810. The van der Waals surface area contributed by atoms with Crippen LogP contribution in [0.5, 0.6) is 5.88 Å². The monoisotopic (exact) mass is 313 g/mol. The summed E-state index contributed by atoms with van der Waals surface area (Å²) >= 11 is 0. The quantitative estimate of drug-likeness (QED) is 0.935. The Hall–Kier alpha value is -3.09. The first-order chi connectivity index (χ1) is 11.2. The Morgan fingerprint density at radius 1 is 1.26 bits per heavy atom. The molecule has 7 nitrogen and oxygen atoms in total. The van der Waals surface area contributed by atoms with Gasteiger partial charge >= 0.3 is 6.09 Å². The summed E-state index contributed by atoms with van der Waals surface area (Å²) in [6, 6.07) is 12.6. The van der Waals surface area contributed by atoms with Gasteiger partial charge in [-0.05, 0) is 11.6 Å². The van der Waals surface area contributed by atoms with E-state index in [1.165, 1.54) is 7.11 Å². The fourth-order valence-electron chi connectivity index (χ4n) is 2.19. The number of hydrogen-bond acceptors (Lipinski definition) is 6. The van der Waals surface area contributed by atoms with Crippen molar-refractivity contribution in [2.75, 3.05) is 23.9 Å². The van der Waals surface area contributed by atoms with Gasteiger partial charge in [-0.1, -0.05) is 30.3 Å². The summed E-state index contributed by atoms with van der Waals surface area (Å²) in [5, 5.41) is 2.91. The normalized spacial score (nSPS) is 13.1. The van der Waals surface area contributed by atoms with Gasteiger partial charge in [-0.15, -0.1) is 0 Å². The zero-order valence-corrected chi connectivity index (χ0v) is 12.5. The van der Waals surface area contributed by atoms with E-state index in [1.54, 1.807) is 12.1 Å². The second kappa shape index (κ2) is 6.35. The van der Waals surface area contributed by atoms with Crippen LogP contribution in [0.4, 0.5) is 16.3 Å². The van der Waals surface area contributed by atoms with Crippen LogP contribution in [-0.4, -0.2) is 30.6 Å². The molecule has 0 unspecified atom stereocenters. The lowest BCUT2D eigenvalue weighted by molar-refractivity contribution is -0.116. The van der Waals surface area contributed by atoms with Crippen LogP contribution in [0.1, 0.15) is 5.56 Å². The average molecular weight is 313 g/mol. The van der Waals surface area contributed by atoms with Crippen molar-refractivity contribution in [2.24, 2.45) is 0 Å². The molecule has 2 heterocycles. The first-order valence-corrected chi connectivity index (χ1v) is 7.01. The molecular weight excluding hydrogens is 298 g/mol. The molecule has 7 heteroatoms. The number of carbonyl (C=O) groups excluding carboxylic acids is 2. The van der Waals surface area contributed by atoms with E-state index in [0.717, 1.165) is 10.5 Å². The van der Waals surface area contributed by atoms with Crippen molar-refractivity contribution in [1.82, 2.24) is 4.98 Å². The number of imide groups is 1. The molecule has 2 aromatic rings. The molecule has 0 spiro atoms. The van der Waals surface area contributed by atoms with Gasteiger partial charge in [0.2, 0.25) is 5.88 Å². The van der Waals surface area contributed by atoms with E-state index in [9.17, 15) is 9.59 Å². The highest BCUT2D eigenvalue weighted by atomic mass is 16.6. The van der Waals surface area contributed by atoms with Crippen LogP contribution >= 0.6 is 0 Å². The van der Waals surface area contributed by atoms with Crippen LogP contribution in [0, 0.1) is 0 Å². The minimum Gasteiger partial charge on any atom is -0.481 e. The smallest absolute Gasteiger partial charge is 0.422 e. The summed E-state index contributed by atoms with van der Waals surface area (Å²) in [4.78, 5) is 29.5. The number of amides is 2. The van der Waals surface area contributed by atoms with Crippen LogP contribution in [-0.2, 0) is 16.1 Å². The van der Waals surface area contributed by atoms with Crippen molar-refractivity contribution in [3.63, 3.8) is 0 Å². The minimum absolute atomic E-state index is 0.00143. The highest BCUT2D eigenvalue weighted by Gasteiger charge is 2.32. The number of benzene rings is 1. The third-order valence-electron chi connectivity index (χ3n) is 3.34. The predicted octanol–water partition coefficient (Wildman–Crippen LogP) is 2.19. The van der Waals surface area contributed by atoms with Gasteiger partial charge in [0.1, 0.15) is 6.61 Å². The number of rotatable bonds is 3. The van der Waals surface area contributed by atoms with Crippen LogP contribution in [0.15, 0.2) is 42.5 Å². The maximum absolute atomic E-state index is 12.3. The van der Waals surface area contributed by atoms with Gasteiger partial charge in [0.15, 0.2) is 5.82 Å². The van der Waals surface area contributed by atoms with E-state index in [1.807, 2.05) is 30.3 Å². The second-order valence-corrected chi connectivity index (χ2v) is 4.85. The molecule has 0 saturated heterocycles. The van der Waals surface area contributed by atoms with E-state index in [0.29, 0.717) is 11.6 Å². The SMILES string of the molecule is COc1ccc2c(n1)N(C(=O)OCc1ccccc1)C(=O)CN2. The van der Waals surface area contributed by atoms with Crippen molar-refractivity contribution < 1.29 is 19.1 Å². The molecule has 1 aromatic heterocycles. The number of nitrogens with zero attached hydrogens (tertiary/aromatic N) is 2. The molecule has 1 aliphatic rings. The Kier molecular flexibility index (Phi) is 4.09. The van der Waals surface area contributed by atoms with Gasteiger partial charge in [0, 0.05) is 6.07 Å². The molecule has 1 aliphatic heterocycles. The van der Waals surface area contributed by atoms with Crippen LogP contribution in [0.2, 0.25) is 0 Å². The van der Waals surface area contributed by atoms with Gasteiger partial charge < -0.3 is 14.8 Å². The molecule has 0 saturated carbocycles. The maximum Gasteiger partial charge on any atom is 0.422 e. The standard InChI is InChI=1S/C16H15N3O4/c1-22-13-8-7-12-15(18-13)19(14(20)9-17-12)16(21)23-10-11-5-3-2-4-6-11/h2-8,17H,9-10H2,1H3. The molecule has 1 aromatic carbocycles. The summed E-state index contributed by atoms with van der Waals surface area (Å²) in [5.74, 6) is 0.0519. The third kappa shape index (κ3) is 3.08. The predicted molar refractivity (Wildman–Crippen MR) is 83.4 cm³/mol. The number of pyridine rings is 1. The van der Waals surface area contributed by atoms with Gasteiger partial charge in [0.05, 0.1) is 19.3 Å². The Labute approximate surface area is 132 Å². The molecule has 118 valence electrons. The van der Waals surface area contributed by atoms with Crippen molar-refractivity contribution >= 4 is 23.5 Å². The number of anilines is 2. The highest BCUT2D eigenvalue weighted by Crippen LogP contribution is 2.30. The van der Waals surface area contributed by atoms with Gasteiger partial charge in [-0.3, -0.25) is 4.79 Å². The van der Waals surface area contributed by atoms with E-state index in [4.69, 9.17) is 9.47 Å². The summed E-state index contributed by atoms with van der Waals surface area (Å²) < 4.78 is 10.3. The number of ether oxygens (including phenoxy) is 2. The first kappa shape index (κ1) is 14.8. The molecular formula is C16H15N3O4. The van der Waals surface area contributed by atoms with Crippen molar-refractivity contribution in [3.05, 3.63) is 48.0 Å². The summed E-state index contributed by atoms with van der Waals surface area (Å²) in [5.41, 5.74) is 1.41. The van der Waals surface area contributed by atoms with E-state index in [2.05, 4.69) is 10.3 Å². The molecule has 3 rings (SSSR count). The maximum atomic E-state index is 12.3. The lowest BCUT2D eigenvalue weighted by atomic mass is 10.2. The molecule has 0 fully saturated rings. The lowest BCUT2D eigenvalue weighted by Crippen LogP contribution is -2.44. The number of nitrogens with one attached hydrogen (secondary N) is 1. The van der Waals surface area contributed by atoms with Gasteiger partial charge in [-0.25, -0.2) is 4.79 Å². The largest absolute Gasteiger partial charge is 0.481 e. The van der Waals surface area contributed by atoms with E-state index >= 15 is 0 Å². The molecule has 0 radical (unpaired) electrons. The van der Waals surface area contributed by atoms with Crippen molar-refractivity contribution in [2.45, 2.75) is 6.61 Å². The first-order valence-electron chi connectivity index (χ1n) is 7.01. The Bertz CT molecular complexity index is 733. The van der Waals surface area contributed by atoms with E-state index < -0.39 is 12.0 Å². The average Bonchev–Trinajstić information content (AvgIpc) is 2.60. The number of aromatic nitrogens is 1. The zero-order valence-electron chi connectivity index (χ0n) is 12.5. The molecule has 0 atom stereocenters. The number of fused-ring (bicyclic) bond motifs is 1. The second-order valence-electron chi connectivity index (χ2n) is 4.85. The third-order valence-corrected chi connectivity index (χ3v) is 3.34. The fraction of sp³-hybridized carbons (Fsp3) is 0.188. The highest BCUT2D eigenvalue weighted by molar-refractivity contribution is 6.16. The summed E-state index contributed by atoms with van der Waals surface area (Å²) in [7, 11) is 1.46. The Morgan fingerprint density at radius 3 is 2.78 bits per heavy atom. The van der Waals surface area contributed by atoms with Crippen LogP contribution in [0.25, 0.3) is 0 Å². The van der Waals surface area contributed by atoms with E-state index in [-0.39, 0.29) is 19.0 Å². The minimum atomic E-state index is -0.762. The topological polar surface area (TPSA) is 80.8 Å². The Balaban J connectivity index is 1.81. The summed E-state index contributed by atoms with van der Waals surface area (Å²) in [6.07, 6.45) is -0.762. The van der Waals surface area contributed by atoms with Gasteiger partial charge in [-0.2, -0.15) is 9.88 Å². The van der Waals surface area contributed by atoms with Crippen LogP contribution in [0.3, 0.4) is 0 Å². The number of hydrogen-bond donors (Lipinski definition) is 1. The fourth-order valence-corrected chi connectivity index (χ4v) is 2.19. The molecule has 1 N–H and O–H groups in total. The molecule has 0 bridgehead atoms. The molecule has 0 aliphatic carbocycles.